The van der Waals surface area contributed by atoms with Crippen LogP contribution >= 0.6 is 11.3 Å². The number of alkyl carbamates (subject to hydrolysis) is 1. The Balaban J connectivity index is 1.30. The second-order valence-electron chi connectivity index (χ2n) is 8.06. The molecule has 0 spiro atoms. The molecule has 2 aromatic heterocycles. The topological polar surface area (TPSA) is 106 Å². The number of amides is 2. The molecule has 0 bridgehead atoms. The van der Waals surface area contributed by atoms with E-state index >= 15 is 0 Å². The lowest BCUT2D eigenvalue weighted by atomic mass is 10.1. The minimum absolute atomic E-state index is 0.216. The van der Waals surface area contributed by atoms with Crippen LogP contribution < -0.4 is 10.6 Å². The molecule has 2 aromatic carbocycles. The maximum Gasteiger partial charge on any atom is 0.407 e. The highest BCUT2D eigenvalue weighted by molar-refractivity contribution is 7.14. The van der Waals surface area contributed by atoms with Gasteiger partial charge in [0.15, 0.2) is 0 Å². The summed E-state index contributed by atoms with van der Waals surface area (Å²) in [5, 5.41) is 16.1. The smallest absolute Gasteiger partial charge is 0.407 e. The number of aromatic nitrogens is 3. The molecule has 0 radical (unpaired) electrons. The minimum atomic E-state index is -0.447. The quantitative estimate of drug-likeness (QED) is 0.275. The van der Waals surface area contributed by atoms with Crippen molar-refractivity contribution in [2.45, 2.75) is 31.9 Å². The van der Waals surface area contributed by atoms with Gasteiger partial charge >= 0.3 is 6.09 Å². The molecule has 184 valence electrons. The Kier molecular flexibility index (Phi) is 9.10. The SMILES string of the molecule is O=C(NCCCC[C@H](NC(=O)c1cccnc1)c1nnc(-c2ccccc2)s1)OCc1ccccc1. The molecule has 8 nitrogen and oxygen atoms in total. The van der Waals surface area contributed by atoms with Gasteiger partial charge < -0.3 is 15.4 Å². The Bertz CT molecular complexity index is 1240. The molecule has 1 atom stereocenters. The predicted octanol–water partition coefficient (Wildman–Crippen LogP) is 5.17. The molecule has 0 aliphatic carbocycles. The van der Waals surface area contributed by atoms with Crippen LogP contribution in [0.1, 0.15) is 46.2 Å². The van der Waals surface area contributed by atoms with E-state index in [1.54, 1.807) is 18.3 Å². The van der Waals surface area contributed by atoms with Gasteiger partial charge in [-0.05, 0) is 37.0 Å². The number of ether oxygens (including phenoxy) is 1. The lowest BCUT2D eigenvalue weighted by Crippen LogP contribution is -2.29. The summed E-state index contributed by atoms with van der Waals surface area (Å²) >= 11 is 1.46. The molecule has 0 saturated heterocycles. The Morgan fingerprint density at radius 1 is 0.917 bits per heavy atom. The van der Waals surface area contributed by atoms with Crippen molar-refractivity contribution in [2.24, 2.45) is 0 Å². The summed E-state index contributed by atoms with van der Waals surface area (Å²) in [5.74, 6) is -0.216. The van der Waals surface area contributed by atoms with Crippen LogP contribution in [-0.2, 0) is 11.3 Å². The van der Waals surface area contributed by atoms with Crippen LogP contribution in [0.2, 0.25) is 0 Å². The molecule has 9 heteroatoms. The zero-order valence-electron chi connectivity index (χ0n) is 19.7. The second-order valence-corrected chi connectivity index (χ2v) is 9.07. The number of rotatable bonds is 11. The number of carbonyl (C=O) groups is 2. The van der Waals surface area contributed by atoms with Crippen LogP contribution in [0.15, 0.2) is 85.2 Å². The summed E-state index contributed by atoms with van der Waals surface area (Å²) in [6, 6.07) is 22.5. The number of benzene rings is 2. The van der Waals surface area contributed by atoms with Crippen LogP contribution in [0.4, 0.5) is 4.79 Å². The van der Waals surface area contributed by atoms with Crippen LogP contribution in [0.3, 0.4) is 0 Å². The largest absolute Gasteiger partial charge is 0.445 e. The number of nitrogens with one attached hydrogen (secondary N) is 2. The first-order chi connectivity index (χ1) is 17.7. The molecule has 4 rings (SSSR count). The first-order valence-corrected chi connectivity index (χ1v) is 12.5. The Hall–Kier alpha value is -4.11. The van der Waals surface area contributed by atoms with E-state index in [0.29, 0.717) is 18.5 Å². The third-order valence-electron chi connectivity index (χ3n) is 5.39. The van der Waals surface area contributed by atoms with Gasteiger partial charge in [-0.1, -0.05) is 72.0 Å². The van der Waals surface area contributed by atoms with E-state index in [0.717, 1.165) is 34.0 Å². The first kappa shape index (κ1) is 25.0. The Morgan fingerprint density at radius 3 is 2.44 bits per heavy atom. The van der Waals surface area contributed by atoms with Crippen molar-refractivity contribution in [1.82, 2.24) is 25.8 Å². The molecule has 0 aliphatic rings. The summed E-state index contributed by atoms with van der Waals surface area (Å²) in [5.41, 5.74) is 2.40. The molecule has 0 fully saturated rings. The van der Waals surface area contributed by atoms with E-state index in [-0.39, 0.29) is 18.6 Å². The van der Waals surface area contributed by atoms with Gasteiger partial charge in [-0.15, -0.1) is 10.2 Å². The summed E-state index contributed by atoms with van der Waals surface area (Å²) in [6.07, 6.45) is 4.85. The highest BCUT2D eigenvalue weighted by Crippen LogP contribution is 2.29. The fourth-order valence-corrected chi connectivity index (χ4v) is 4.44. The highest BCUT2D eigenvalue weighted by Gasteiger charge is 2.20. The lowest BCUT2D eigenvalue weighted by molar-refractivity contribution is 0.0933. The van der Waals surface area contributed by atoms with Gasteiger partial charge in [0, 0.05) is 24.5 Å². The van der Waals surface area contributed by atoms with Gasteiger partial charge in [0.25, 0.3) is 5.91 Å². The molecule has 2 amide bonds. The van der Waals surface area contributed by atoms with Crippen LogP contribution in [0, 0.1) is 0 Å². The van der Waals surface area contributed by atoms with E-state index < -0.39 is 6.09 Å². The average molecular weight is 502 g/mol. The second kappa shape index (κ2) is 13.1. The summed E-state index contributed by atoms with van der Waals surface area (Å²) in [4.78, 5) is 28.8. The first-order valence-electron chi connectivity index (χ1n) is 11.7. The van der Waals surface area contributed by atoms with E-state index in [4.69, 9.17) is 4.74 Å². The van der Waals surface area contributed by atoms with Gasteiger partial charge in [0.2, 0.25) is 0 Å². The van der Waals surface area contributed by atoms with Crippen molar-refractivity contribution in [3.8, 4) is 10.6 Å². The number of unbranched alkanes of at least 4 members (excludes halogenated alkanes) is 1. The van der Waals surface area contributed by atoms with Crippen molar-refractivity contribution in [3.05, 3.63) is 101 Å². The van der Waals surface area contributed by atoms with Gasteiger partial charge in [-0.2, -0.15) is 0 Å². The van der Waals surface area contributed by atoms with Crippen molar-refractivity contribution < 1.29 is 14.3 Å². The van der Waals surface area contributed by atoms with E-state index in [9.17, 15) is 9.59 Å². The van der Waals surface area contributed by atoms with Crippen molar-refractivity contribution in [3.63, 3.8) is 0 Å². The van der Waals surface area contributed by atoms with Gasteiger partial charge in [0.1, 0.15) is 16.6 Å². The van der Waals surface area contributed by atoms with Gasteiger partial charge in [-0.3, -0.25) is 9.78 Å². The maximum atomic E-state index is 12.8. The lowest BCUT2D eigenvalue weighted by Gasteiger charge is -2.16. The van der Waals surface area contributed by atoms with Gasteiger partial charge in [-0.25, -0.2) is 4.79 Å². The number of nitrogens with zero attached hydrogens (tertiary/aromatic N) is 3. The number of pyridine rings is 1. The van der Waals surface area contributed by atoms with Gasteiger partial charge in [0.05, 0.1) is 11.6 Å². The zero-order chi connectivity index (χ0) is 25.0. The molecule has 0 unspecified atom stereocenters. The normalized spacial score (nSPS) is 11.4. The van der Waals surface area contributed by atoms with Crippen molar-refractivity contribution in [1.29, 1.82) is 0 Å². The molecular weight excluding hydrogens is 474 g/mol. The third-order valence-corrected chi connectivity index (χ3v) is 6.48. The average Bonchev–Trinajstić information content (AvgIpc) is 3.43. The predicted molar refractivity (Wildman–Crippen MR) is 138 cm³/mol. The fourth-order valence-electron chi connectivity index (χ4n) is 3.51. The van der Waals surface area contributed by atoms with Crippen LogP contribution in [0.5, 0.6) is 0 Å². The molecule has 0 saturated carbocycles. The molecular formula is C27H27N5O3S. The monoisotopic (exact) mass is 501 g/mol. The molecule has 2 N–H and O–H groups in total. The Labute approximate surface area is 213 Å². The standard InChI is InChI=1S/C27H27N5O3S/c33-24(22-14-9-16-28-18-22)30-23(26-32-31-25(36-26)21-12-5-2-6-13-21)15-7-8-17-29-27(34)35-19-20-10-3-1-4-11-20/h1-6,9-14,16,18,23H,7-8,15,17,19H2,(H,29,34)(H,30,33)/t23-/m0/s1. The zero-order valence-corrected chi connectivity index (χ0v) is 20.5. The van der Waals surface area contributed by atoms with E-state index in [1.807, 2.05) is 60.7 Å². The maximum absolute atomic E-state index is 12.8. The van der Waals surface area contributed by atoms with Crippen molar-refractivity contribution >= 4 is 23.3 Å². The van der Waals surface area contributed by atoms with Crippen molar-refractivity contribution in [2.75, 3.05) is 6.54 Å². The van der Waals surface area contributed by atoms with E-state index in [1.165, 1.54) is 17.5 Å². The fraction of sp³-hybridized carbons (Fsp3) is 0.222. The summed E-state index contributed by atoms with van der Waals surface area (Å²) in [6.45, 7) is 0.707. The molecule has 36 heavy (non-hydrogen) atoms. The number of carbonyl (C=O) groups excluding carboxylic acids is 2. The minimum Gasteiger partial charge on any atom is -0.445 e. The third kappa shape index (κ3) is 7.44. The molecule has 2 heterocycles. The van der Waals surface area contributed by atoms with Crippen LogP contribution in [0.25, 0.3) is 10.6 Å². The number of hydrogen-bond acceptors (Lipinski definition) is 7. The highest BCUT2D eigenvalue weighted by atomic mass is 32.1. The molecule has 4 aromatic rings. The summed E-state index contributed by atoms with van der Waals surface area (Å²) in [7, 11) is 0. The van der Waals surface area contributed by atoms with E-state index in [2.05, 4.69) is 25.8 Å². The molecule has 0 aliphatic heterocycles. The summed E-state index contributed by atoms with van der Waals surface area (Å²) < 4.78 is 5.24. The Morgan fingerprint density at radius 2 is 1.69 bits per heavy atom. The van der Waals surface area contributed by atoms with Crippen LogP contribution in [-0.4, -0.2) is 33.7 Å². The number of hydrogen-bond donors (Lipinski definition) is 2.